The zero-order chi connectivity index (χ0) is 17.0. The molecule has 1 aromatic heterocycles. The number of rotatable bonds is 8. The fraction of sp³-hybridized carbons (Fsp3) is 0.778. The lowest BCUT2D eigenvalue weighted by molar-refractivity contribution is 0.0468. The number of nitrogens with one attached hydrogen (secondary N) is 2. The molecule has 1 aliphatic rings. The first-order valence-electron chi connectivity index (χ1n) is 9.40. The number of aliphatic imine (C=N–C) groups is 1. The Balaban J connectivity index is 0.00000312. The van der Waals surface area contributed by atoms with Gasteiger partial charge in [0.25, 0.3) is 0 Å². The van der Waals surface area contributed by atoms with Gasteiger partial charge in [-0.05, 0) is 26.2 Å². The van der Waals surface area contributed by atoms with Crippen molar-refractivity contribution in [3.05, 3.63) is 17.5 Å². The maximum Gasteiger partial charge on any atom is 0.191 e. The highest BCUT2D eigenvalue weighted by Crippen LogP contribution is 2.19. The van der Waals surface area contributed by atoms with E-state index in [0.29, 0.717) is 12.6 Å². The van der Waals surface area contributed by atoms with E-state index < -0.39 is 0 Å². The molecule has 1 aliphatic carbocycles. The summed E-state index contributed by atoms with van der Waals surface area (Å²) in [5.74, 6) is 1.58. The number of halogens is 1. The molecule has 1 saturated carbocycles. The molecule has 1 fully saturated rings. The summed E-state index contributed by atoms with van der Waals surface area (Å²) in [7, 11) is 0. The standard InChI is InChI=1S/C18H32N4O2.HI/c1-3-15-13-17(24-22-15)14-21-18(19-4-2)20-11-12-23-16-9-7-5-6-8-10-16;/h13,16H,3-12,14H2,1-2H3,(H2,19,20,21);1H. The summed E-state index contributed by atoms with van der Waals surface area (Å²) in [6.07, 6.45) is 9.06. The molecule has 144 valence electrons. The van der Waals surface area contributed by atoms with Crippen LogP contribution < -0.4 is 10.6 Å². The molecule has 1 heterocycles. The van der Waals surface area contributed by atoms with Crippen molar-refractivity contribution in [2.45, 2.75) is 71.4 Å². The Morgan fingerprint density at radius 1 is 1.24 bits per heavy atom. The molecule has 25 heavy (non-hydrogen) atoms. The third-order valence-corrected chi connectivity index (χ3v) is 4.26. The summed E-state index contributed by atoms with van der Waals surface area (Å²) in [6.45, 7) is 6.92. The van der Waals surface area contributed by atoms with E-state index in [1.165, 1.54) is 38.5 Å². The molecule has 2 N–H and O–H groups in total. The first kappa shape index (κ1) is 22.2. The van der Waals surface area contributed by atoms with Crippen LogP contribution in [0.3, 0.4) is 0 Å². The molecule has 0 amide bonds. The maximum absolute atomic E-state index is 6.00. The average molecular weight is 464 g/mol. The van der Waals surface area contributed by atoms with Gasteiger partial charge >= 0.3 is 0 Å². The van der Waals surface area contributed by atoms with E-state index in [4.69, 9.17) is 9.26 Å². The molecule has 0 atom stereocenters. The molecule has 0 saturated heterocycles. The Hall–Kier alpha value is -0.830. The van der Waals surface area contributed by atoms with Crippen LogP contribution in [-0.4, -0.2) is 36.9 Å². The zero-order valence-electron chi connectivity index (χ0n) is 15.6. The number of nitrogens with zero attached hydrogens (tertiary/aromatic N) is 2. The van der Waals surface area contributed by atoms with Gasteiger partial charge in [0, 0.05) is 19.2 Å². The molecule has 2 rings (SSSR count). The molecule has 0 radical (unpaired) electrons. The zero-order valence-corrected chi connectivity index (χ0v) is 17.9. The van der Waals surface area contributed by atoms with E-state index in [0.717, 1.165) is 43.5 Å². The number of guanidine groups is 1. The molecule has 7 heteroatoms. The minimum absolute atomic E-state index is 0. The van der Waals surface area contributed by atoms with E-state index >= 15 is 0 Å². The Labute approximate surface area is 168 Å². The first-order valence-corrected chi connectivity index (χ1v) is 9.40. The van der Waals surface area contributed by atoms with Crippen molar-refractivity contribution < 1.29 is 9.26 Å². The largest absolute Gasteiger partial charge is 0.376 e. The number of ether oxygens (including phenoxy) is 1. The van der Waals surface area contributed by atoms with Crippen molar-refractivity contribution >= 4 is 29.9 Å². The number of hydrogen-bond donors (Lipinski definition) is 2. The quantitative estimate of drug-likeness (QED) is 0.202. The SMILES string of the molecule is CCNC(=NCc1cc(CC)no1)NCCOC1CCCCCC1.I. The second-order valence-electron chi connectivity index (χ2n) is 6.24. The van der Waals surface area contributed by atoms with Crippen molar-refractivity contribution in [3.63, 3.8) is 0 Å². The van der Waals surface area contributed by atoms with Gasteiger partial charge < -0.3 is 19.9 Å². The van der Waals surface area contributed by atoms with Crippen LogP contribution in [0.5, 0.6) is 0 Å². The van der Waals surface area contributed by atoms with E-state index in [1.54, 1.807) is 0 Å². The van der Waals surface area contributed by atoms with Gasteiger partial charge in [0.2, 0.25) is 0 Å². The molecule has 0 unspecified atom stereocenters. The van der Waals surface area contributed by atoms with Crippen LogP contribution in [0.1, 0.15) is 63.8 Å². The minimum atomic E-state index is 0. The predicted molar refractivity (Wildman–Crippen MR) is 112 cm³/mol. The Morgan fingerprint density at radius 2 is 2.00 bits per heavy atom. The minimum Gasteiger partial charge on any atom is -0.376 e. The molecule has 0 spiro atoms. The summed E-state index contributed by atoms with van der Waals surface area (Å²) < 4.78 is 11.3. The van der Waals surface area contributed by atoms with Crippen molar-refractivity contribution in [1.82, 2.24) is 15.8 Å². The van der Waals surface area contributed by atoms with Gasteiger partial charge in [0.05, 0.1) is 18.4 Å². The smallest absolute Gasteiger partial charge is 0.191 e. The van der Waals surface area contributed by atoms with Crippen LogP contribution in [0, 0.1) is 0 Å². The van der Waals surface area contributed by atoms with Crippen molar-refractivity contribution in [2.75, 3.05) is 19.7 Å². The summed E-state index contributed by atoms with van der Waals surface area (Å²) >= 11 is 0. The van der Waals surface area contributed by atoms with Gasteiger partial charge in [-0.25, -0.2) is 4.99 Å². The van der Waals surface area contributed by atoms with Crippen LogP contribution >= 0.6 is 24.0 Å². The number of aryl methyl sites for hydroxylation is 1. The van der Waals surface area contributed by atoms with Crippen molar-refractivity contribution in [3.8, 4) is 0 Å². The monoisotopic (exact) mass is 464 g/mol. The highest BCUT2D eigenvalue weighted by molar-refractivity contribution is 14.0. The molecule has 0 bridgehead atoms. The summed E-state index contributed by atoms with van der Waals surface area (Å²) in [4.78, 5) is 4.54. The van der Waals surface area contributed by atoms with Crippen LogP contribution in [0.4, 0.5) is 0 Å². The lowest BCUT2D eigenvalue weighted by Gasteiger charge is -2.16. The first-order chi connectivity index (χ1) is 11.8. The number of hydrogen-bond acceptors (Lipinski definition) is 4. The summed E-state index contributed by atoms with van der Waals surface area (Å²) in [5.41, 5.74) is 0.968. The third-order valence-electron chi connectivity index (χ3n) is 4.26. The molecule has 0 aliphatic heterocycles. The fourth-order valence-corrected chi connectivity index (χ4v) is 2.90. The normalized spacial score (nSPS) is 16.2. The topological polar surface area (TPSA) is 71.7 Å². The number of aromatic nitrogens is 1. The predicted octanol–water partition coefficient (Wildman–Crippen LogP) is 3.65. The van der Waals surface area contributed by atoms with Crippen molar-refractivity contribution in [1.29, 1.82) is 0 Å². The van der Waals surface area contributed by atoms with Crippen LogP contribution in [0.25, 0.3) is 0 Å². The Bertz CT molecular complexity index is 485. The van der Waals surface area contributed by atoms with Gasteiger partial charge in [-0.1, -0.05) is 37.8 Å². The van der Waals surface area contributed by atoms with Crippen molar-refractivity contribution in [2.24, 2.45) is 4.99 Å². The second-order valence-corrected chi connectivity index (χ2v) is 6.24. The molecule has 0 aromatic carbocycles. The molecular weight excluding hydrogens is 431 g/mol. The summed E-state index contributed by atoms with van der Waals surface area (Å²) in [6, 6.07) is 1.96. The maximum atomic E-state index is 6.00. The van der Waals surface area contributed by atoms with E-state index in [9.17, 15) is 0 Å². The lowest BCUT2D eigenvalue weighted by atomic mass is 10.1. The molecule has 1 aromatic rings. The van der Waals surface area contributed by atoms with Crippen LogP contribution in [0.15, 0.2) is 15.6 Å². The van der Waals surface area contributed by atoms with E-state index in [-0.39, 0.29) is 24.0 Å². The van der Waals surface area contributed by atoms with Gasteiger partial charge in [0.15, 0.2) is 11.7 Å². The lowest BCUT2D eigenvalue weighted by Crippen LogP contribution is -2.39. The fourth-order valence-electron chi connectivity index (χ4n) is 2.90. The van der Waals surface area contributed by atoms with Gasteiger partial charge in [-0.15, -0.1) is 24.0 Å². The second kappa shape index (κ2) is 13.4. The Morgan fingerprint density at radius 3 is 2.64 bits per heavy atom. The van der Waals surface area contributed by atoms with E-state index in [2.05, 4.69) is 34.6 Å². The molecular formula is C18H33IN4O2. The van der Waals surface area contributed by atoms with Crippen LogP contribution in [-0.2, 0) is 17.7 Å². The summed E-state index contributed by atoms with van der Waals surface area (Å²) in [5, 5.41) is 10.6. The van der Waals surface area contributed by atoms with Crippen LogP contribution in [0.2, 0.25) is 0 Å². The highest BCUT2D eigenvalue weighted by Gasteiger charge is 2.12. The van der Waals surface area contributed by atoms with Gasteiger partial charge in [-0.2, -0.15) is 0 Å². The highest BCUT2D eigenvalue weighted by atomic mass is 127. The Kier molecular flexibility index (Phi) is 11.9. The third kappa shape index (κ3) is 8.89. The average Bonchev–Trinajstić information content (AvgIpc) is 2.91. The van der Waals surface area contributed by atoms with Gasteiger partial charge in [0.1, 0.15) is 6.54 Å². The van der Waals surface area contributed by atoms with Gasteiger partial charge in [-0.3, -0.25) is 0 Å². The van der Waals surface area contributed by atoms with E-state index in [1.807, 2.05) is 6.07 Å². The molecule has 6 nitrogen and oxygen atoms in total.